The van der Waals surface area contributed by atoms with Crippen LogP contribution in [0.1, 0.15) is 6.92 Å². The summed E-state index contributed by atoms with van der Waals surface area (Å²) >= 11 is 3.07. The van der Waals surface area contributed by atoms with Crippen LogP contribution in [0, 0.1) is 5.82 Å². The van der Waals surface area contributed by atoms with Crippen LogP contribution in [0.5, 0.6) is 5.75 Å². The maximum absolute atomic E-state index is 13.4. The number of hydrogen-bond donors (Lipinski definition) is 0. The van der Waals surface area contributed by atoms with Gasteiger partial charge in [-0.1, -0.05) is 18.2 Å². The summed E-state index contributed by atoms with van der Waals surface area (Å²) in [5.74, 6) is -0.313. The molecule has 0 bridgehead atoms. The van der Waals surface area contributed by atoms with Crippen LogP contribution >= 0.6 is 15.9 Å². The van der Waals surface area contributed by atoms with Crippen LogP contribution in [0.2, 0.25) is 0 Å². The molecule has 19 heavy (non-hydrogen) atoms. The highest BCUT2D eigenvalue weighted by molar-refractivity contribution is 9.10. The Morgan fingerprint density at radius 1 is 1.00 bits per heavy atom. The zero-order valence-corrected chi connectivity index (χ0v) is 11.5. The van der Waals surface area contributed by atoms with Gasteiger partial charge >= 0.3 is 6.11 Å². The van der Waals surface area contributed by atoms with Crippen molar-refractivity contribution in [2.24, 2.45) is 0 Å². The molecule has 5 heteroatoms. The first-order valence-corrected chi connectivity index (χ1v) is 6.27. The standard InChI is InChI=1S/C14H10BrF3O/c1-14(17,18)19-11-5-2-9(3-6-11)10-4-7-12(15)13(16)8-10/h2-8H,1H3. The van der Waals surface area contributed by atoms with E-state index in [2.05, 4.69) is 20.7 Å². The molecule has 0 fully saturated rings. The molecular formula is C14H10BrF3O. The number of alkyl halides is 2. The number of rotatable bonds is 3. The van der Waals surface area contributed by atoms with Crippen molar-refractivity contribution in [3.05, 3.63) is 52.8 Å². The number of benzene rings is 2. The molecule has 0 saturated carbocycles. The van der Waals surface area contributed by atoms with Crippen LogP contribution in [0.15, 0.2) is 46.9 Å². The molecule has 0 aromatic heterocycles. The average Bonchev–Trinajstić information content (AvgIpc) is 2.32. The lowest BCUT2D eigenvalue weighted by atomic mass is 10.1. The maximum atomic E-state index is 13.4. The maximum Gasteiger partial charge on any atom is 0.394 e. The van der Waals surface area contributed by atoms with E-state index in [0.29, 0.717) is 17.0 Å². The summed E-state index contributed by atoms with van der Waals surface area (Å²) in [6, 6.07) is 10.7. The van der Waals surface area contributed by atoms with E-state index in [-0.39, 0.29) is 11.6 Å². The summed E-state index contributed by atoms with van der Waals surface area (Å²) in [5.41, 5.74) is 1.38. The van der Waals surface area contributed by atoms with Crippen LogP contribution in [0.25, 0.3) is 11.1 Å². The van der Waals surface area contributed by atoms with E-state index in [1.54, 1.807) is 24.3 Å². The van der Waals surface area contributed by atoms with Crippen molar-refractivity contribution >= 4 is 15.9 Å². The molecule has 2 rings (SSSR count). The molecule has 100 valence electrons. The smallest absolute Gasteiger partial charge is 0.394 e. The predicted molar refractivity (Wildman–Crippen MR) is 70.8 cm³/mol. The quantitative estimate of drug-likeness (QED) is 0.747. The van der Waals surface area contributed by atoms with Gasteiger partial charge in [-0.2, -0.15) is 8.78 Å². The molecule has 0 amide bonds. The van der Waals surface area contributed by atoms with E-state index >= 15 is 0 Å². The highest BCUT2D eigenvalue weighted by Crippen LogP contribution is 2.27. The van der Waals surface area contributed by atoms with Crippen LogP contribution in [-0.2, 0) is 0 Å². The van der Waals surface area contributed by atoms with Crippen molar-refractivity contribution in [2.75, 3.05) is 0 Å². The molecule has 0 radical (unpaired) electrons. The Morgan fingerprint density at radius 2 is 1.58 bits per heavy atom. The molecule has 0 atom stereocenters. The highest BCUT2D eigenvalue weighted by Gasteiger charge is 2.22. The molecule has 0 heterocycles. The molecule has 2 aromatic rings. The van der Waals surface area contributed by atoms with E-state index in [1.165, 1.54) is 18.2 Å². The average molecular weight is 331 g/mol. The van der Waals surface area contributed by atoms with Gasteiger partial charge < -0.3 is 4.74 Å². The lowest BCUT2D eigenvalue weighted by Crippen LogP contribution is -2.18. The fourth-order valence-corrected chi connectivity index (χ4v) is 1.84. The second-order valence-electron chi connectivity index (χ2n) is 4.06. The lowest BCUT2D eigenvalue weighted by Gasteiger charge is -2.13. The Morgan fingerprint density at radius 3 is 2.11 bits per heavy atom. The monoisotopic (exact) mass is 330 g/mol. The minimum absolute atomic E-state index is 0.0637. The Kier molecular flexibility index (Phi) is 3.85. The topological polar surface area (TPSA) is 9.23 Å². The van der Waals surface area contributed by atoms with Crippen molar-refractivity contribution in [3.63, 3.8) is 0 Å². The van der Waals surface area contributed by atoms with Gasteiger partial charge in [-0.05, 0) is 51.3 Å². The fraction of sp³-hybridized carbons (Fsp3) is 0.143. The second kappa shape index (κ2) is 5.25. The Bertz CT molecular complexity index is 576. The number of halogens is 4. The highest BCUT2D eigenvalue weighted by atomic mass is 79.9. The third kappa shape index (κ3) is 3.73. The van der Waals surface area contributed by atoms with Crippen molar-refractivity contribution < 1.29 is 17.9 Å². The van der Waals surface area contributed by atoms with Gasteiger partial charge in [0.15, 0.2) is 0 Å². The minimum Gasteiger partial charge on any atom is -0.433 e. The van der Waals surface area contributed by atoms with Gasteiger partial charge in [-0.25, -0.2) is 4.39 Å². The lowest BCUT2D eigenvalue weighted by molar-refractivity contribution is -0.158. The SMILES string of the molecule is CC(F)(F)Oc1ccc(-c2ccc(Br)c(F)c2)cc1. The third-order valence-corrected chi connectivity index (χ3v) is 3.05. The van der Waals surface area contributed by atoms with Crippen LogP contribution < -0.4 is 4.74 Å². The van der Waals surface area contributed by atoms with Crippen molar-refractivity contribution in [1.29, 1.82) is 0 Å². The van der Waals surface area contributed by atoms with Gasteiger partial charge in [0.1, 0.15) is 11.6 Å². The minimum atomic E-state index is -3.22. The number of hydrogen-bond acceptors (Lipinski definition) is 1. The molecule has 0 saturated heterocycles. The van der Waals surface area contributed by atoms with Gasteiger partial charge in [0.05, 0.1) is 4.47 Å². The van der Waals surface area contributed by atoms with Crippen LogP contribution in [-0.4, -0.2) is 6.11 Å². The molecule has 1 nitrogen and oxygen atoms in total. The van der Waals surface area contributed by atoms with Crippen molar-refractivity contribution in [3.8, 4) is 16.9 Å². The van der Waals surface area contributed by atoms with Gasteiger partial charge in [0.2, 0.25) is 0 Å². The number of ether oxygens (including phenoxy) is 1. The molecule has 0 aliphatic carbocycles. The first-order chi connectivity index (χ1) is 8.85. The molecule has 0 aliphatic rings. The van der Waals surface area contributed by atoms with Crippen LogP contribution in [0.4, 0.5) is 13.2 Å². The molecular weight excluding hydrogens is 321 g/mol. The Balaban J connectivity index is 2.25. The molecule has 0 spiro atoms. The van der Waals surface area contributed by atoms with E-state index in [1.807, 2.05) is 0 Å². The summed E-state index contributed by atoms with van der Waals surface area (Å²) in [4.78, 5) is 0. The predicted octanol–water partition coefficient (Wildman–Crippen LogP) is 5.25. The Hall–Kier alpha value is -1.49. The summed E-state index contributed by atoms with van der Waals surface area (Å²) < 4.78 is 43.5. The molecule has 0 unspecified atom stereocenters. The van der Waals surface area contributed by atoms with Crippen molar-refractivity contribution in [2.45, 2.75) is 13.0 Å². The van der Waals surface area contributed by atoms with Gasteiger partial charge in [-0.15, -0.1) is 0 Å². The summed E-state index contributed by atoms with van der Waals surface area (Å²) in [7, 11) is 0. The first kappa shape index (κ1) is 13.9. The third-order valence-electron chi connectivity index (χ3n) is 2.40. The Labute approximate surface area is 117 Å². The second-order valence-corrected chi connectivity index (χ2v) is 4.92. The zero-order chi connectivity index (χ0) is 14.0. The fourth-order valence-electron chi connectivity index (χ4n) is 1.60. The summed E-state index contributed by atoms with van der Waals surface area (Å²) in [6.07, 6.45) is -3.22. The van der Waals surface area contributed by atoms with Gasteiger partial charge in [0, 0.05) is 6.92 Å². The van der Waals surface area contributed by atoms with E-state index < -0.39 is 6.11 Å². The van der Waals surface area contributed by atoms with E-state index in [9.17, 15) is 13.2 Å². The normalized spacial score (nSPS) is 11.4. The summed E-state index contributed by atoms with van der Waals surface area (Å²) in [5, 5.41) is 0. The summed E-state index contributed by atoms with van der Waals surface area (Å²) in [6.45, 7) is 0.672. The van der Waals surface area contributed by atoms with E-state index in [4.69, 9.17) is 0 Å². The van der Waals surface area contributed by atoms with Gasteiger partial charge in [0.25, 0.3) is 0 Å². The molecule has 0 aliphatic heterocycles. The molecule has 0 N–H and O–H groups in total. The van der Waals surface area contributed by atoms with Gasteiger partial charge in [-0.3, -0.25) is 0 Å². The first-order valence-electron chi connectivity index (χ1n) is 5.47. The largest absolute Gasteiger partial charge is 0.433 e. The van der Waals surface area contributed by atoms with E-state index in [0.717, 1.165) is 5.56 Å². The van der Waals surface area contributed by atoms with Crippen molar-refractivity contribution in [1.82, 2.24) is 0 Å². The van der Waals surface area contributed by atoms with Crippen LogP contribution in [0.3, 0.4) is 0 Å². The molecule has 2 aromatic carbocycles. The zero-order valence-electron chi connectivity index (χ0n) is 9.96.